The lowest BCUT2D eigenvalue weighted by Gasteiger charge is -2.47. The fourth-order valence-corrected chi connectivity index (χ4v) is 5.34. The van der Waals surface area contributed by atoms with Gasteiger partial charge in [0, 0.05) is 23.0 Å². The van der Waals surface area contributed by atoms with Crippen molar-refractivity contribution in [2.75, 3.05) is 0 Å². The van der Waals surface area contributed by atoms with E-state index >= 15 is 0 Å². The number of aliphatic hydroxyl groups is 1. The summed E-state index contributed by atoms with van der Waals surface area (Å²) in [5.74, 6) is 1.15. The van der Waals surface area contributed by atoms with E-state index in [9.17, 15) is 15.0 Å². The van der Waals surface area contributed by atoms with Crippen LogP contribution in [0.5, 0.6) is 11.5 Å². The van der Waals surface area contributed by atoms with Crippen molar-refractivity contribution in [3.05, 3.63) is 34.9 Å². The van der Waals surface area contributed by atoms with Crippen LogP contribution in [0.4, 0.5) is 0 Å². The quantitative estimate of drug-likeness (QED) is 0.672. The van der Waals surface area contributed by atoms with Crippen molar-refractivity contribution >= 4 is 5.91 Å². The molecule has 1 aromatic carbocycles. The Hall–Kier alpha value is -2.01. The molecule has 5 heteroatoms. The van der Waals surface area contributed by atoms with Crippen LogP contribution in [0, 0.1) is 5.92 Å². The number of aliphatic hydroxyl groups excluding tert-OH is 1. The molecule has 30 heavy (non-hydrogen) atoms. The molecule has 1 saturated carbocycles. The van der Waals surface area contributed by atoms with Crippen LogP contribution >= 0.6 is 0 Å². The number of carbonyl (C=O) groups excluding carboxylic acids is 1. The second-order valence-corrected chi connectivity index (χ2v) is 10.5. The third-order valence-electron chi connectivity index (χ3n) is 7.32. The SMILES string of the molecule is CCCC(C)(C)c1cc(O)c2c(c1)OC(C)(C)[C@@H]1CC=C(C(=O)NC3C[C@H]3O)CC21. The van der Waals surface area contributed by atoms with Crippen LogP contribution < -0.4 is 10.1 Å². The Bertz CT molecular complexity index is 885. The van der Waals surface area contributed by atoms with Crippen LogP contribution in [0.1, 0.15) is 83.8 Å². The highest BCUT2D eigenvalue weighted by molar-refractivity contribution is 5.94. The van der Waals surface area contributed by atoms with E-state index in [2.05, 4.69) is 46.0 Å². The van der Waals surface area contributed by atoms with Crippen molar-refractivity contribution in [2.24, 2.45) is 5.92 Å². The minimum atomic E-state index is -0.414. The molecular weight excluding hydrogens is 378 g/mol. The molecule has 164 valence electrons. The molecule has 0 spiro atoms. The maximum Gasteiger partial charge on any atom is 0.247 e. The van der Waals surface area contributed by atoms with Crippen molar-refractivity contribution in [1.29, 1.82) is 0 Å². The predicted octanol–water partition coefficient (Wildman–Crippen LogP) is 4.31. The Labute approximate surface area is 179 Å². The molecule has 1 aliphatic heterocycles. The van der Waals surface area contributed by atoms with Gasteiger partial charge >= 0.3 is 0 Å². The van der Waals surface area contributed by atoms with Crippen LogP contribution in [-0.4, -0.2) is 33.9 Å². The van der Waals surface area contributed by atoms with Gasteiger partial charge in [0.05, 0.1) is 12.1 Å². The molecule has 2 aliphatic carbocycles. The maximum atomic E-state index is 12.7. The molecule has 3 N–H and O–H groups in total. The van der Waals surface area contributed by atoms with Crippen molar-refractivity contribution in [3.63, 3.8) is 0 Å². The average molecular weight is 414 g/mol. The average Bonchev–Trinajstić information content (AvgIpc) is 3.34. The maximum absolute atomic E-state index is 12.7. The zero-order valence-electron chi connectivity index (χ0n) is 18.8. The van der Waals surface area contributed by atoms with E-state index in [1.807, 2.05) is 12.1 Å². The minimum Gasteiger partial charge on any atom is -0.508 e. The summed E-state index contributed by atoms with van der Waals surface area (Å²) in [5.41, 5.74) is 2.23. The molecular formula is C25H35NO4. The van der Waals surface area contributed by atoms with Gasteiger partial charge in [-0.05, 0) is 62.6 Å². The molecule has 5 nitrogen and oxygen atoms in total. The normalized spacial score (nSPS) is 29.2. The van der Waals surface area contributed by atoms with E-state index < -0.39 is 6.10 Å². The van der Waals surface area contributed by atoms with Crippen LogP contribution in [0.25, 0.3) is 0 Å². The number of phenolic OH excluding ortho intramolecular Hbond substituents is 1. The first-order valence-electron chi connectivity index (χ1n) is 11.3. The molecule has 4 rings (SSSR count). The van der Waals surface area contributed by atoms with Crippen molar-refractivity contribution < 1.29 is 19.7 Å². The Balaban J connectivity index is 1.67. The molecule has 0 bridgehead atoms. The summed E-state index contributed by atoms with van der Waals surface area (Å²) in [6.45, 7) is 10.8. The van der Waals surface area contributed by atoms with Crippen molar-refractivity contribution in [2.45, 2.75) is 95.8 Å². The number of hydrogen-bond donors (Lipinski definition) is 3. The standard InChI is InChI=1S/C25H35NO4/c1-6-9-24(2,3)15-11-20(28)22-16-10-14(23(29)26-18-13-19(18)27)7-8-17(16)25(4,5)30-21(22)12-15/h7,11-12,16-19,27-28H,6,8-10,13H2,1-5H3,(H,26,29)/t16?,17-,18?,19-/m1/s1. The molecule has 0 radical (unpaired) electrons. The molecule has 0 aromatic heterocycles. The topological polar surface area (TPSA) is 78.8 Å². The first kappa shape index (κ1) is 21.2. The third kappa shape index (κ3) is 3.73. The summed E-state index contributed by atoms with van der Waals surface area (Å²) in [5, 5.41) is 23.5. The minimum absolute atomic E-state index is 0.0296. The van der Waals surface area contributed by atoms with Gasteiger partial charge in [-0.3, -0.25) is 4.79 Å². The van der Waals surface area contributed by atoms with Crippen LogP contribution in [0.2, 0.25) is 0 Å². The van der Waals surface area contributed by atoms with Crippen molar-refractivity contribution in [1.82, 2.24) is 5.32 Å². The smallest absolute Gasteiger partial charge is 0.247 e. The van der Waals surface area contributed by atoms with E-state index in [0.29, 0.717) is 12.8 Å². The summed E-state index contributed by atoms with van der Waals surface area (Å²) in [6.07, 6.45) is 5.63. The van der Waals surface area contributed by atoms with Gasteiger partial charge in [-0.1, -0.05) is 33.3 Å². The van der Waals surface area contributed by atoms with Gasteiger partial charge in [0.2, 0.25) is 5.91 Å². The summed E-state index contributed by atoms with van der Waals surface area (Å²) in [6, 6.07) is 3.87. The number of fused-ring (bicyclic) bond motifs is 3. The Morgan fingerprint density at radius 2 is 2.03 bits per heavy atom. The van der Waals surface area contributed by atoms with Crippen LogP contribution in [0.3, 0.4) is 0 Å². The van der Waals surface area contributed by atoms with Gasteiger partial charge in [-0.15, -0.1) is 0 Å². The van der Waals surface area contributed by atoms with E-state index in [1.165, 1.54) is 0 Å². The number of phenols is 1. The number of ether oxygens (including phenoxy) is 1. The highest BCUT2D eigenvalue weighted by Crippen LogP contribution is 2.55. The second kappa shape index (κ2) is 7.30. The van der Waals surface area contributed by atoms with Gasteiger partial charge in [0.1, 0.15) is 17.1 Å². The fourth-order valence-electron chi connectivity index (χ4n) is 5.34. The fraction of sp³-hybridized carbons (Fsp3) is 0.640. The summed E-state index contributed by atoms with van der Waals surface area (Å²) < 4.78 is 6.45. The van der Waals surface area contributed by atoms with E-state index in [4.69, 9.17) is 4.74 Å². The van der Waals surface area contributed by atoms with Gasteiger partial charge < -0.3 is 20.3 Å². The van der Waals surface area contributed by atoms with Gasteiger partial charge in [-0.2, -0.15) is 0 Å². The van der Waals surface area contributed by atoms with E-state index in [-0.39, 0.29) is 40.6 Å². The lowest BCUT2D eigenvalue weighted by Crippen LogP contribution is -2.46. The summed E-state index contributed by atoms with van der Waals surface area (Å²) in [4.78, 5) is 12.7. The Morgan fingerprint density at radius 3 is 2.67 bits per heavy atom. The lowest BCUT2D eigenvalue weighted by atomic mass is 9.66. The van der Waals surface area contributed by atoms with Crippen molar-refractivity contribution in [3.8, 4) is 11.5 Å². The molecule has 2 unspecified atom stereocenters. The molecule has 1 fully saturated rings. The Morgan fingerprint density at radius 1 is 1.33 bits per heavy atom. The first-order chi connectivity index (χ1) is 14.0. The largest absolute Gasteiger partial charge is 0.508 e. The molecule has 1 amide bonds. The Kier molecular flexibility index (Phi) is 5.16. The van der Waals surface area contributed by atoms with Crippen LogP contribution in [-0.2, 0) is 10.2 Å². The van der Waals surface area contributed by atoms with Gasteiger partial charge in [-0.25, -0.2) is 0 Å². The number of aromatic hydroxyl groups is 1. The summed E-state index contributed by atoms with van der Waals surface area (Å²) in [7, 11) is 0. The predicted molar refractivity (Wildman–Crippen MR) is 117 cm³/mol. The molecule has 1 heterocycles. The number of rotatable bonds is 5. The first-order valence-corrected chi connectivity index (χ1v) is 11.3. The third-order valence-corrected chi connectivity index (χ3v) is 7.32. The number of carbonyl (C=O) groups is 1. The summed E-state index contributed by atoms with van der Waals surface area (Å²) >= 11 is 0. The monoisotopic (exact) mass is 413 g/mol. The molecule has 3 aliphatic rings. The number of amides is 1. The lowest BCUT2D eigenvalue weighted by molar-refractivity contribution is -0.118. The highest BCUT2D eigenvalue weighted by atomic mass is 16.5. The number of nitrogens with one attached hydrogen (secondary N) is 1. The molecule has 4 atom stereocenters. The van der Waals surface area contributed by atoms with Gasteiger partial charge in [0.15, 0.2) is 0 Å². The number of allylic oxidation sites excluding steroid dienone is 1. The molecule has 1 aromatic rings. The van der Waals surface area contributed by atoms with Gasteiger partial charge in [0.25, 0.3) is 0 Å². The zero-order valence-corrected chi connectivity index (χ0v) is 18.8. The zero-order chi connectivity index (χ0) is 21.8. The van der Waals surface area contributed by atoms with E-state index in [1.54, 1.807) is 0 Å². The second-order valence-electron chi connectivity index (χ2n) is 10.5. The van der Waals surface area contributed by atoms with Crippen LogP contribution in [0.15, 0.2) is 23.8 Å². The van der Waals surface area contributed by atoms with E-state index in [0.717, 1.165) is 41.7 Å². The highest BCUT2D eigenvalue weighted by Gasteiger charge is 2.47. The molecule has 0 saturated heterocycles. The number of benzene rings is 1. The number of hydrogen-bond acceptors (Lipinski definition) is 4.